The van der Waals surface area contributed by atoms with Crippen LogP contribution >= 0.6 is 15.9 Å². The molecule has 0 saturated carbocycles. The Kier molecular flexibility index (Phi) is 3.90. The molecule has 3 rings (SSSR count). The highest BCUT2D eigenvalue weighted by Gasteiger charge is 2.12. The molecule has 0 aliphatic carbocycles. The van der Waals surface area contributed by atoms with Crippen LogP contribution in [0.2, 0.25) is 0 Å². The second-order valence-electron chi connectivity index (χ2n) is 4.92. The average molecular weight is 343 g/mol. The van der Waals surface area contributed by atoms with Crippen LogP contribution in [0.15, 0.2) is 65.4 Å². The van der Waals surface area contributed by atoms with Crippen molar-refractivity contribution in [2.75, 3.05) is 0 Å². The van der Waals surface area contributed by atoms with E-state index in [9.17, 15) is 5.11 Å². The number of nitrogens with zero attached hydrogens (tertiary/aromatic N) is 2. The molecule has 1 unspecified atom stereocenters. The predicted molar refractivity (Wildman–Crippen MR) is 87.3 cm³/mol. The van der Waals surface area contributed by atoms with E-state index in [-0.39, 0.29) is 0 Å². The largest absolute Gasteiger partial charge is 0.389 e. The van der Waals surface area contributed by atoms with Gasteiger partial charge in [-0.1, -0.05) is 52.3 Å². The molecule has 0 saturated heterocycles. The van der Waals surface area contributed by atoms with E-state index in [2.05, 4.69) is 33.2 Å². The van der Waals surface area contributed by atoms with Gasteiger partial charge in [0.05, 0.1) is 18.0 Å². The van der Waals surface area contributed by atoms with E-state index in [1.807, 2.05) is 48.8 Å². The Morgan fingerprint density at radius 3 is 2.57 bits per heavy atom. The maximum Gasteiger partial charge on any atom is 0.0782 e. The van der Waals surface area contributed by atoms with E-state index in [1.165, 1.54) is 0 Å². The van der Waals surface area contributed by atoms with Gasteiger partial charge in [0.2, 0.25) is 0 Å². The van der Waals surface area contributed by atoms with Crippen molar-refractivity contribution in [3.05, 3.63) is 71.0 Å². The molecule has 106 valence electrons. The van der Waals surface area contributed by atoms with E-state index in [0.29, 0.717) is 0 Å². The molecule has 0 bridgehead atoms. The van der Waals surface area contributed by atoms with Gasteiger partial charge in [-0.15, -0.1) is 0 Å². The van der Waals surface area contributed by atoms with Gasteiger partial charge in [0.15, 0.2) is 0 Å². The molecule has 21 heavy (non-hydrogen) atoms. The van der Waals surface area contributed by atoms with Crippen molar-refractivity contribution < 1.29 is 5.11 Å². The summed E-state index contributed by atoms with van der Waals surface area (Å²) in [5.41, 5.74) is 3.90. The highest BCUT2D eigenvalue weighted by molar-refractivity contribution is 9.10. The molecular weight excluding hydrogens is 328 g/mol. The Hall–Kier alpha value is -1.91. The van der Waals surface area contributed by atoms with Gasteiger partial charge in [-0.2, -0.15) is 5.10 Å². The number of halogens is 1. The van der Waals surface area contributed by atoms with Crippen molar-refractivity contribution in [2.45, 2.75) is 13.0 Å². The van der Waals surface area contributed by atoms with Crippen LogP contribution in [0.1, 0.15) is 18.6 Å². The lowest BCUT2D eigenvalue weighted by Gasteiger charge is -2.12. The monoisotopic (exact) mass is 342 g/mol. The number of aromatic nitrogens is 2. The van der Waals surface area contributed by atoms with Gasteiger partial charge in [-0.3, -0.25) is 0 Å². The molecule has 0 aliphatic heterocycles. The molecule has 0 amide bonds. The second kappa shape index (κ2) is 5.84. The van der Waals surface area contributed by atoms with Gasteiger partial charge in [-0.05, 0) is 24.6 Å². The van der Waals surface area contributed by atoms with Crippen LogP contribution in [0.5, 0.6) is 0 Å². The SMILES string of the molecule is CC(O)c1ccc(Br)cc1-n1cc(-c2ccccc2)cn1. The van der Waals surface area contributed by atoms with Crippen molar-refractivity contribution in [2.24, 2.45) is 0 Å². The normalized spacial score (nSPS) is 12.3. The highest BCUT2D eigenvalue weighted by atomic mass is 79.9. The quantitative estimate of drug-likeness (QED) is 0.768. The van der Waals surface area contributed by atoms with E-state index < -0.39 is 6.10 Å². The van der Waals surface area contributed by atoms with Gasteiger partial charge < -0.3 is 5.11 Å². The fourth-order valence-electron chi connectivity index (χ4n) is 2.30. The molecule has 0 aliphatic rings. The van der Waals surface area contributed by atoms with Crippen LogP contribution in [-0.2, 0) is 0 Å². The maximum absolute atomic E-state index is 9.92. The zero-order valence-corrected chi connectivity index (χ0v) is 13.2. The number of hydrogen-bond acceptors (Lipinski definition) is 2. The van der Waals surface area contributed by atoms with E-state index in [0.717, 1.165) is 26.9 Å². The van der Waals surface area contributed by atoms with Crippen molar-refractivity contribution >= 4 is 15.9 Å². The van der Waals surface area contributed by atoms with Crippen molar-refractivity contribution in [1.29, 1.82) is 0 Å². The topological polar surface area (TPSA) is 38.0 Å². The summed E-state index contributed by atoms with van der Waals surface area (Å²) in [5.74, 6) is 0. The lowest BCUT2D eigenvalue weighted by atomic mass is 10.1. The summed E-state index contributed by atoms with van der Waals surface area (Å²) in [6, 6.07) is 15.9. The Morgan fingerprint density at radius 2 is 1.86 bits per heavy atom. The van der Waals surface area contributed by atoms with Crippen molar-refractivity contribution in [1.82, 2.24) is 9.78 Å². The third-order valence-corrected chi connectivity index (χ3v) is 3.87. The summed E-state index contributed by atoms with van der Waals surface area (Å²) >= 11 is 3.47. The Morgan fingerprint density at radius 1 is 1.10 bits per heavy atom. The van der Waals surface area contributed by atoms with E-state index in [1.54, 1.807) is 11.6 Å². The molecule has 0 fully saturated rings. The molecule has 1 N–H and O–H groups in total. The van der Waals surface area contributed by atoms with Crippen molar-refractivity contribution in [3.8, 4) is 16.8 Å². The van der Waals surface area contributed by atoms with E-state index in [4.69, 9.17) is 0 Å². The average Bonchev–Trinajstić information content (AvgIpc) is 2.97. The summed E-state index contributed by atoms with van der Waals surface area (Å²) in [6.45, 7) is 1.76. The Labute approximate surface area is 132 Å². The first-order valence-corrected chi connectivity index (χ1v) is 7.52. The molecule has 0 spiro atoms. The van der Waals surface area contributed by atoms with Crippen LogP contribution in [0.25, 0.3) is 16.8 Å². The number of benzene rings is 2. The van der Waals surface area contributed by atoms with Gasteiger partial charge in [0.25, 0.3) is 0 Å². The summed E-state index contributed by atoms with van der Waals surface area (Å²) in [7, 11) is 0. The lowest BCUT2D eigenvalue weighted by Crippen LogP contribution is -2.03. The van der Waals surface area contributed by atoms with Gasteiger partial charge in [0.1, 0.15) is 0 Å². The first kappa shape index (κ1) is 14.0. The van der Waals surface area contributed by atoms with Crippen LogP contribution in [0, 0.1) is 0 Å². The molecule has 1 atom stereocenters. The minimum absolute atomic E-state index is 0.544. The summed E-state index contributed by atoms with van der Waals surface area (Å²) in [6.07, 6.45) is 3.27. The first-order valence-electron chi connectivity index (χ1n) is 6.73. The fraction of sp³-hybridized carbons (Fsp3) is 0.118. The maximum atomic E-state index is 9.92. The van der Waals surface area contributed by atoms with E-state index >= 15 is 0 Å². The number of hydrogen-bond donors (Lipinski definition) is 1. The van der Waals surface area contributed by atoms with Gasteiger partial charge >= 0.3 is 0 Å². The minimum Gasteiger partial charge on any atom is -0.389 e. The van der Waals surface area contributed by atoms with Crippen LogP contribution in [0.3, 0.4) is 0 Å². The smallest absolute Gasteiger partial charge is 0.0782 e. The zero-order chi connectivity index (χ0) is 14.8. The number of aliphatic hydroxyl groups is 1. The minimum atomic E-state index is -0.544. The summed E-state index contributed by atoms with van der Waals surface area (Å²) < 4.78 is 2.76. The standard InChI is InChI=1S/C17H15BrN2O/c1-12(21)16-8-7-15(18)9-17(16)20-11-14(10-19-20)13-5-3-2-4-6-13/h2-12,21H,1H3. The molecule has 2 aromatic carbocycles. The van der Waals surface area contributed by atoms with Crippen LogP contribution in [0.4, 0.5) is 0 Å². The van der Waals surface area contributed by atoms with Crippen LogP contribution < -0.4 is 0 Å². The molecular formula is C17H15BrN2O. The molecule has 0 radical (unpaired) electrons. The lowest BCUT2D eigenvalue weighted by molar-refractivity contribution is 0.199. The zero-order valence-electron chi connectivity index (χ0n) is 11.6. The molecule has 4 heteroatoms. The molecule has 3 aromatic rings. The van der Waals surface area contributed by atoms with Gasteiger partial charge in [0, 0.05) is 21.8 Å². The summed E-state index contributed by atoms with van der Waals surface area (Å²) in [5, 5.41) is 14.4. The van der Waals surface area contributed by atoms with Gasteiger partial charge in [-0.25, -0.2) is 4.68 Å². The Bertz CT molecular complexity index is 750. The third-order valence-electron chi connectivity index (χ3n) is 3.38. The Balaban J connectivity index is 2.06. The number of rotatable bonds is 3. The number of aliphatic hydroxyl groups excluding tert-OH is 1. The third kappa shape index (κ3) is 2.91. The van der Waals surface area contributed by atoms with Crippen molar-refractivity contribution in [3.63, 3.8) is 0 Å². The molecule has 3 nitrogen and oxygen atoms in total. The van der Waals surface area contributed by atoms with Crippen LogP contribution in [-0.4, -0.2) is 14.9 Å². The predicted octanol–water partition coefficient (Wildman–Crippen LogP) is 4.36. The highest BCUT2D eigenvalue weighted by Crippen LogP contribution is 2.27. The first-order chi connectivity index (χ1) is 10.1. The second-order valence-corrected chi connectivity index (χ2v) is 5.83. The fourth-order valence-corrected chi connectivity index (χ4v) is 2.65. The molecule has 1 heterocycles. The molecule has 1 aromatic heterocycles. The summed E-state index contributed by atoms with van der Waals surface area (Å²) in [4.78, 5) is 0.